The topological polar surface area (TPSA) is 75.6 Å². The van der Waals surface area contributed by atoms with Crippen LogP contribution in [0.5, 0.6) is 5.75 Å². The number of rotatable bonds is 6. The molecule has 1 aliphatic heterocycles. The van der Waals surface area contributed by atoms with Gasteiger partial charge in [0.05, 0.1) is 6.61 Å². The SMILES string of the molecule is CC(C)(C)CCCC(=O)NC(C(=O)O)c1ccc2c(c1)CCO2. The molecule has 23 heavy (non-hydrogen) atoms. The molecule has 1 aromatic carbocycles. The Bertz CT molecular complexity index is 589. The number of aliphatic carboxylic acids is 1. The molecule has 2 N–H and O–H groups in total. The second kappa shape index (κ2) is 7.02. The van der Waals surface area contributed by atoms with Crippen LogP contribution >= 0.6 is 0 Å². The molecule has 5 nitrogen and oxygen atoms in total. The first-order valence-corrected chi connectivity index (χ1v) is 8.04. The lowest BCUT2D eigenvalue weighted by atomic mass is 9.90. The third-order valence-corrected chi connectivity index (χ3v) is 3.93. The summed E-state index contributed by atoms with van der Waals surface area (Å²) < 4.78 is 5.42. The van der Waals surface area contributed by atoms with E-state index in [0.29, 0.717) is 18.6 Å². The van der Waals surface area contributed by atoms with Crippen molar-refractivity contribution in [3.63, 3.8) is 0 Å². The summed E-state index contributed by atoms with van der Waals surface area (Å²) in [7, 11) is 0. The van der Waals surface area contributed by atoms with Crippen LogP contribution in [0.15, 0.2) is 18.2 Å². The van der Waals surface area contributed by atoms with Crippen LogP contribution in [0.4, 0.5) is 0 Å². The smallest absolute Gasteiger partial charge is 0.330 e. The number of carbonyl (C=O) groups excluding carboxylic acids is 1. The van der Waals surface area contributed by atoms with Gasteiger partial charge in [0.2, 0.25) is 5.91 Å². The van der Waals surface area contributed by atoms with Crippen LogP contribution in [-0.4, -0.2) is 23.6 Å². The van der Waals surface area contributed by atoms with Crippen LogP contribution in [0.2, 0.25) is 0 Å². The fraction of sp³-hybridized carbons (Fsp3) is 0.556. The van der Waals surface area contributed by atoms with Gasteiger partial charge < -0.3 is 15.2 Å². The molecule has 0 bridgehead atoms. The number of carboxylic acid groups (broad SMARTS) is 1. The first kappa shape index (κ1) is 17.3. The van der Waals surface area contributed by atoms with Gasteiger partial charge in [-0.25, -0.2) is 4.79 Å². The molecule has 1 aromatic rings. The lowest BCUT2D eigenvalue weighted by Gasteiger charge is -2.19. The molecule has 1 atom stereocenters. The van der Waals surface area contributed by atoms with Gasteiger partial charge in [-0.1, -0.05) is 26.8 Å². The normalized spacial score (nSPS) is 14.7. The molecule has 1 aliphatic rings. The Kier molecular flexibility index (Phi) is 5.29. The number of hydrogen-bond acceptors (Lipinski definition) is 3. The maximum Gasteiger partial charge on any atom is 0.330 e. The number of hydrogen-bond donors (Lipinski definition) is 2. The quantitative estimate of drug-likeness (QED) is 0.845. The Morgan fingerprint density at radius 3 is 2.74 bits per heavy atom. The van der Waals surface area contributed by atoms with Gasteiger partial charge in [-0.05, 0) is 41.5 Å². The Morgan fingerprint density at radius 1 is 1.35 bits per heavy atom. The Morgan fingerprint density at radius 2 is 2.09 bits per heavy atom. The predicted molar refractivity (Wildman–Crippen MR) is 87.5 cm³/mol. The molecule has 0 radical (unpaired) electrons. The predicted octanol–water partition coefficient (Wildman–Crippen LogP) is 3.08. The van der Waals surface area contributed by atoms with Gasteiger partial charge >= 0.3 is 5.97 Å². The molecular weight excluding hydrogens is 294 g/mol. The minimum Gasteiger partial charge on any atom is -0.493 e. The second-order valence-corrected chi connectivity index (χ2v) is 7.22. The van der Waals surface area contributed by atoms with E-state index in [4.69, 9.17) is 4.74 Å². The average molecular weight is 319 g/mol. The van der Waals surface area contributed by atoms with Crippen LogP contribution in [0, 0.1) is 5.41 Å². The molecular formula is C18H25NO4. The monoisotopic (exact) mass is 319 g/mol. The molecule has 0 aromatic heterocycles. The van der Waals surface area contributed by atoms with E-state index in [1.54, 1.807) is 12.1 Å². The molecule has 0 spiro atoms. The number of benzene rings is 1. The summed E-state index contributed by atoms with van der Waals surface area (Å²) in [5, 5.41) is 12.1. The summed E-state index contributed by atoms with van der Waals surface area (Å²) >= 11 is 0. The summed E-state index contributed by atoms with van der Waals surface area (Å²) in [6.45, 7) is 6.99. The van der Waals surface area contributed by atoms with Crippen molar-refractivity contribution in [2.24, 2.45) is 5.41 Å². The van der Waals surface area contributed by atoms with E-state index in [1.165, 1.54) is 0 Å². The molecule has 126 valence electrons. The zero-order valence-corrected chi connectivity index (χ0v) is 14.0. The highest BCUT2D eigenvalue weighted by Crippen LogP contribution is 2.28. The Labute approximate surface area is 137 Å². The van der Waals surface area contributed by atoms with Crippen LogP contribution in [0.25, 0.3) is 0 Å². The van der Waals surface area contributed by atoms with E-state index < -0.39 is 12.0 Å². The van der Waals surface area contributed by atoms with Crippen molar-refractivity contribution in [3.05, 3.63) is 29.3 Å². The average Bonchev–Trinajstić information content (AvgIpc) is 2.90. The summed E-state index contributed by atoms with van der Waals surface area (Å²) in [4.78, 5) is 23.6. The third kappa shape index (κ3) is 4.98. The minimum atomic E-state index is -1.05. The zero-order chi connectivity index (χ0) is 17.0. The van der Waals surface area contributed by atoms with Crippen molar-refractivity contribution < 1.29 is 19.4 Å². The van der Waals surface area contributed by atoms with Crippen molar-refractivity contribution in [1.29, 1.82) is 0 Å². The third-order valence-electron chi connectivity index (χ3n) is 3.93. The molecule has 2 rings (SSSR count). The maximum absolute atomic E-state index is 12.1. The van der Waals surface area contributed by atoms with E-state index in [2.05, 4.69) is 26.1 Å². The molecule has 1 unspecified atom stereocenters. The van der Waals surface area contributed by atoms with Gasteiger partial charge in [-0.2, -0.15) is 0 Å². The summed E-state index contributed by atoms with van der Waals surface area (Å²) in [5.74, 6) is -0.471. The summed E-state index contributed by atoms with van der Waals surface area (Å²) in [6.07, 6.45) is 2.79. The molecule has 0 saturated heterocycles. The number of amides is 1. The van der Waals surface area contributed by atoms with Crippen molar-refractivity contribution in [2.75, 3.05) is 6.61 Å². The molecule has 5 heteroatoms. The largest absolute Gasteiger partial charge is 0.493 e. The van der Waals surface area contributed by atoms with Gasteiger partial charge in [0.1, 0.15) is 5.75 Å². The number of carboxylic acids is 1. The first-order valence-electron chi connectivity index (χ1n) is 8.04. The van der Waals surface area contributed by atoms with Crippen molar-refractivity contribution in [2.45, 2.75) is 52.5 Å². The number of ether oxygens (including phenoxy) is 1. The number of fused-ring (bicyclic) bond motifs is 1. The standard InChI is InChI=1S/C18H25NO4/c1-18(2,3)9-4-5-15(20)19-16(17(21)22)13-6-7-14-12(11-13)8-10-23-14/h6-7,11,16H,4-5,8-10H2,1-3H3,(H,19,20)(H,21,22). The van der Waals surface area contributed by atoms with Crippen molar-refractivity contribution >= 4 is 11.9 Å². The van der Waals surface area contributed by atoms with Gasteiger partial charge in [-0.3, -0.25) is 4.79 Å². The van der Waals surface area contributed by atoms with E-state index in [-0.39, 0.29) is 11.3 Å². The number of nitrogens with one attached hydrogen (secondary N) is 1. The lowest BCUT2D eigenvalue weighted by molar-refractivity contribution is -0.142. The number of carbonyl (C=O) groups is 2. The van der Waals surface area contributed by atoms with Crippen LogP contribution in [0.3, 0.4) is 0 Å². The van der Waals surface area contributed by atoms with Gasteiger partial charge in [-0.15, -0.1) is 0 Å². The Balaban J connectivity index is 1.99. The van der Waals surface area contributed by atoms with Crippen LogP contribution < -0.4 is 10.1 Å². The zero-order valence-electron chi connectivity index (χ0n) is 14.0. The fourth-order valence-corrected chi connectivity index (χ4v) is 2.69. The van der Waals surface area contributed by atoms with Gasteiger partial charge in [0.15, 0.2) is 6.04 Å². The van der Waals surface area contributed by atoms with E-state index in [1.807, 2.05) is 6.07 Å². The van der Waals surface area contributed by atoms with Crippen molar-refractivity contribution in [3.8, 4) is 5.75 Å². The summed E-state index contributed by atoms with van der Waals surface area (Å²) in [5.41, 5.74) is 1.76. The molecule has 0 saturated carbocycles. The molecule has 0 fully saturated rings. The second-order valence-electron chi connectivity index (χ2n) is 7.22. The molecule has 1 amide bonds. The Hall–Kier alpha value is -2.04. The first-order chi connectivity index (χ1) is 10.8. The highest BCUT2D eigenvalue weighted by Gasteiger charge is 2.24. The van der Waals surface area contributed by atoms with E-state index >= 15 is 0 Å². The highest BCUT2D eigenvalue weighted by atomic mass is 16.5. The maximum atomic E-state index is 12.1. The van der Waals surface area contributed by atoms with E-state index in [9.17, 15) is 14.7 Å². The van der Waals surface area contributed by atoms with Gasteiger partial charge in [0.25, 0.3) is 0 Å². The van der Waals surface area contributed by atoms with Crippen LogP contribution in [0.1, 0.15) is 57.2 Å². The fourth-order valence-electron chi connectivity index (χ4n) is 2.69. The van der Waals surface area contributed by atoms with Crippen molar-refractivity contribution in [1.82, 2.24) is 5.32 Å². The van der Waals surface area contributed by atoms with Gasteiger partial charge in [0, 0.05) is 12.8 Å². The van der Waals surface area contributed by atoms with Crippen LogP contribution in [-0.2, 0) is 16.0 Å². The highest BCUT2D eigenvalue weighted by molar-refractivity contribution is 5.84. The minimum absolute atomic E-state index is 0.173. The van der Waals surface area contributed by atoms with E-state index in [0.717, 1.165) is 30.6 Å². The summed E-state index contributed by atoms with van der Waals surface area (Å²) in [6, 6.07) is 4.29. The molecule has 0 aliphatic carbocycles. The molecule has 1 heterocycles. The lowest BCUT2D eigenvalue weighted by Crippen LogP contribution is -2.33.